The predicted octanol–water partition coefficient (Wildman–Crippen LogP) is 4.81. The molecule has 0 aliphatic heterocycles. The van der Waals surface area contributed by atoms with E-state index in [2.05, 4.69) is 10.3 Å². The van der Waals surface area contributed by atoms with E-state index >= 15 is 0 Å². The lowest BCUT2D eigenvalue weighted by Gasteiger charge is -2.34. The fraction of sp³-hybridized carbons (Fsp3) is 0.130. The first kappa shape index (κ1) is 21.2. The average molecular weight is 455 g/mol. The number of carbonyl (C=O) groups is 1. The number of hydrogen-bond acceptors (Lipinski definition) is 5. The molecule has 158 valence electrons. The zero-order valence-electron chi connectivity index (χ0n) is 16.5. The molecule has 1 aromatic heterocycles. The van der Waals surface area contributed by atoms with Crippen molar-refractivity contribution >= 4 is 44.1 Å². The third-order valence-electron chi connectivity index (χ3n) is 5.25. The van der Waals surface area contributed by atoms with Crippen molar-refractivity contribution in [3.63, 3.8) is 0 Å². The number of pyridine rings is 1. The summed E-state index contributed by atoms with van der Waals surface area (Å²) < 4.78 is 34.8. The van der Waals surface area contributed by atoms with Crippen molar-refractivity contribution in [2.45, 2.75) is 11.8 Å². The van der Waals surface area contributed by atoms with Gasteiger partial charge in [-0.2, -0.15) is 8.42 Å². The second-order valence-electron chi connectivity index (χ2n) is 7.36. The first-order valence-electron chi connectivity index (χ1n) is 9.49. The number of nitrogens with zero attached hydrogens (tertiary/aromatic N) is 1. The Bertz CT molecular complexity index is 1330. The molecule has 2 atom stereocenters. The number of halogens is 1. The molecule has 0 bridgehead atoms. The molecule has 0 saturated carbocycles. The van der Waals surface area contributed by atoms with Crippen LogP contribution in [0.4, 0.5) is 5.69 Å². The summed E-state index contributed by atoms with van der Waals surface area (Å²) in [6.07, 6.45) is 4.61. The summed E-state index contributed by atoms with van der Waals surface area (Å²) in [6.45, 7) is 1.42. The van der Waals surface area contributed by atoms with Crippen LogP contribution in [-0.4, -0.2) is 28.6 Å². The summed E-state index contributed by atoms with van der Waals surface area (Å²) in [5.41, 5.74) is 1.79. The molecule has 0 spiro atoms. The first-order chi connectivity index (χ1) is 14.7. The summed E-state index contributed by atoms with van der Waals surface area (Å²) in [5, 5.41) is 3.82. The van der Waals surface area contributed by atoms with E-state index in [0.717, 1.165) is 5.39 Å². The molecule has 4 rings (SSSR count). The number of ketones is 1. The van der Waals surface area contributed by atoms with E-state index in [1.165, 1.54) is 13.0 Å². The Kier molecular flexibility index (Phi) is 5.43. The lowest BCUT2D eigenvalue weighted by atomic mass is 9.82. The zero-order valence-corrected chi connectivity index (χ0v) is 18.1. The van der Waals surface area contributed by atoms with Gasteiger partial charge in [0, 0.05) is 22.8 Å². The van der Waals surface area contributed by atoms with Crippen LogP contribution < -0.4 is 5.32 Å². The van der Waals surface area contributed by atoms with Gasteiger partial charge in [-0.05, 0) is 25.1 Å². The number of aromatic nitrogens is 1. The molecule has 2 N–H and O–H groups in total. The molecule has 3 aromatic rings. The number of anilines is 1. The fourth-order valence-corrected chi connectivity index (χ4v) is 5.40. The van der Waals surface area contributed by atoms with Crippen LogP contribution in [0.15, 0.2) is 89.6 Å². The SMILES string of the molecule is CC1(Cl)C(S(=O)(=O)O)=C(Nc2ccnc3ccccc23)C=CC1C(=O)c1ccccc1. The summed E-state index contributed by atoms with van der Waals surface area (Å²) in [6, 6.07) is 17.5. The highest BCUT2D eigenvalue weighted by Gasteiger charge is 2.47. The van der Waals surface area contributed by atoms with Crippen LogP contribution in [0.5, 0.6) is 0 Å². The lowest BCUT2D eigenvalue weighted by molar-refractivity contribution is 0.0931. The number of hydrogen-bond donors (Lipinski definition) is 2. The van der Waals surface area contributed by atoms with Crippen molar-refractivity contribution in [1.29, 1.82) is 0 Å². The molecule has 1 aliphatic carbocycles. The highest BCUT2D eigenvalue weighted by Crippen LogP contribution is 2.43. The molecular weight excluding hydrogens is 436 g/mol. The number of alkyl halides is 1. The van der Waals surface area contributed by atoms with Crippen LogP contribution in [0.3, 0.4) is 0 Å². The van der Waals surface area contributed by atoms with Gasteiger partial charge in [0.1, 0.15) is 4.91 Å². The van der Waals surface area contributed by atoms with Gasteiger partial charge in [-0.3, -0.25) is 14.3 Å². The summed E-state index contributed by atoms with van der Waals surface area (Å²) in [4.78, 5) is 15.2. The first-order valence-corrected chi connectivity index (χ1v) is 11.3. The number of benzene rings is 2. The number of fused-ring (bicyclic) bond motifs is 1. The Labute approximate surface area is 185 Å². The molecule has 31 heavy (non-hydrogen) atoms. The fourth-order valence-electron chi connectivity index (χ4n) is 3.81. The predicted molar refractivity (Wildman–Crippen MR) is 122 cm³/mol. The van der Waals surface area contributed by atoms with Gasteiger partial charge in [0.15, 0.2) is 5.78 Å². The third kappa shape index (κ3) is 3.99. The standard InChI is InChI=1S/C23H19ClN2O4S/c1-23(24)17(21(27)15-7-3-2-4-8-15)11-12-20(22(23)31(28,29)30)26-19-13-14-25-18-10-6-5-9-16(18)19/h2-14,17H,1H3,(H,25,26)(H,28,29,30). The number of carbonyl (C=O) groups excluding carboxylic acids is 1. The van der Waals surface area contributed by atoms with Gasteiger partial charge in [0.25, 0.3) is 10.1 Å². The van der Waals surface area contributed by atoms with Gasteiger partial charge in [0.2, 0.25) is 0 Å². The quantitative estimate of drug-likeness (QED) is 0.326. The molecule has 0 amide bonds. The minimum absolute atomic E-state index is 0.0912. The second-order valence-corrected chi connectivity index (χ2v) is 9.50. The van der Waals surface area contributed by atoms with Gasteiger partial charge in [-0.15, -0.1) is 11.6 Å². The van der Waals surface area contributed by atoms with E-state index in [1.54, 1.807) is 48.7 Å². The Morgan fingerprint density at radius 3 is 2.48 bits per heavy atom. The van der Waals surface area contributed by atoms with Crippen molar-refractivity contribution in [2.24, 2.45) is 5.92 Å². The number of para-hydroxylation sites is 1. The molecule has 6 nitrogen and oxygen atoms in total. The molecule has 2 unspecified atom stereocenters. The van der Waals surface area contributed by atoms with Crippen molar-refractivity contribution in [1.82, 2.24) is 4.98 Å². The smallest absolute Gasteiger partial charge is 0.294 e. The number of nitrogens with one attached hydrogen (secondary N) is 1. The molecular formula is C23H19ClN2O4S. The van der Waals surface area contributed by atoms with E-state index < -0.39 is 25.8 Å². The second kappa shape index (κ2) is 7.92. The Hall–Kier alpha value is -3.00. The lowest BCUT2D eigenvalue weighted by Crippen LogP contribution is -2.41. The molecule has 0 radical (unpaired) electrons. The molecule has 1 heterocycles. The van der Waals surface area contributed by atoms with Crippen LogP contribution in [0, 0.1) is 5.92 Å². The Morgan fingerprint density at radius 2 is 1.77 bits per heavy atom. The molecule has 1 aliphatic rings. The molecule has 0 saturated heterocycles. The average Bonchev–Trinajstić information content (AvgIpc) is 2.73. The van der Waals surface area contributed by atoms with Gasteiger partial charge in [-0.1, -0.05) is 54.6 Å². The molecule has 8 heteroatoms. The van der Waals surface area contributed by atoms with Gasteiger partial charge in [-0.25, -0.2) is 0 Å². The van der Waals surface area contributed by atoms with Gasteiger partial charge >= 0.3 is 0 Å². The van der Waals surface area contributed by atoms with Crippen LogP contribution in [-0.2, 0) is 10.1 Å². The third-order valence-corrected chi connectivity index (χ3v) is 6.94. The Balaban J connectivity index is 1.81. The maximum Gasteiger partial charge on any atom is 0.294 e. The highest BCUT2D eigenvalue weighted by atomic mass is 35.5. The van der Waals surface area contributed by atoms with E-state index in [0.29, 0.717) is 16.8 Å². The van der Waals surface area contributed by atoms with Crippen molar-refractivity contribution in [3.8, 4) is 0 Å². The highest BCUT2D eigenvalue weighted by molar-refractivity contribution is 7.90. The number of Topliss-reactive ketones (excluding diaryl/α,β-unsaturated/α-hetero) is 1. The van der Waals surface area contributed by atoms with Crippen LogP contribution >= 0.6 is 11.6 Å². The maximum absolute atomic E-state index is 13.1. The van der Waals surface area contributed by atoms with Crippen molar-refractivity contribution < 1.29 is 17.8 Å². The summed E-state index contributed by atoms with van der Waals surface area (Å²) in [5.74, 6) is -1.34. The van der Waals surface area contributed by atoms with E-state index in [1.807, 2.05) is 24.3 Å². The zero-order chi connectivity index (χ0) is 22.2. The topological polar surface area (TPSA) is 96.4 Å². The molecule has 0 fully saturated rings. The van der Waals surface area contributed by atoms with E-state index in [-0.39, 0.29) is 11.5 Å². The minimum Gasteiger partial charge on any atom is -0.354 e. The van der Waals surface area contributed by atoms with Crippen molar-refractivity contribution in [3.05, 3.63) is 95.2 Å². The van der Waals surface area contributed by atoms with Crippen LogP contribution in [0.1, 0.15) is 17.3 Å². The summed E-state index contributed by atoms with van der Waals surface area (Å²) in [7, 11) is -4.74. The number of allylic oxidation sites excluding steroid dienone is 3. The molecule has 2 aromatic carbocycles. The van der Waals surface area contributed by atoms with Crippen LogP contribution in [0.25, 0.3) is 10.9 Å². The minimum atomic E-state index is -4.74. The monoisotopic (exact) mass is 454 g/mol. The van der Waals surface area contributed by atoms with Crippen molar-refractivity contribution in [2.75, 3.05) is 5.32 Å². The van der Waals surface area contributed by atoms with Gasteiger partial charge < -0.3 is 5.32 Å². The summed E-state index contributed by atoms with van der Waals surface area (Å²) >= 11 is 6.69. The largest absolute Gasteiger partial charge is 0.354 e. The van der Waals surface area contributed by atoms with E-state index in [9.17, 15) is 17.8 Å². The number of rotatable bonds is 5. The Morgan fingerprint density at radius 1 is 1.10 bits per heavy atom. The maximum atomic E-state index is 13.1. The van der Waals surface area contributed by atoms with Gasteiger partial charge in [0.05, 0.1) is 22.0 Å². The normalized spacial score (nSPS) is 21.3. The van der Waals surface area contributed by atoms with Crippen LogP contribution in [0.2, 0.25) is 0 Å². The van der Waals surface area contributed by atoms with E-state index in [4.69, 9.17) is 11.6 Å².